The Morgan fingerprint density at radius 3 is 3.04 bits per heavy atom. The Morgan fingerprint density at radius 1 is 1.26 bits per heavy atom. The lowest BCUT2D eigenvalue weighted by atomic mass is 10.1. The van der Waals surface area contributed by atoms with Crippen LogP contribution in [0.25, 0.3) is 27.9 Å². The van der Waals surface area contributed by atoms with Gasteiger partial charge in [0, 0.05) is 30.4 Å². The van der Waals surface area contributed by atoms with Crippen molar-refractivity contribution in [2.24, 2.45) is 0 Å². The Hall–Kier alpha value is -3.12. The van der Waals surface area contributed by atoms with Crippen LogP contribution < -0.4 is 15.7 Å². The lowest BCUT2D eigenvalue weighted by Gasteiger charge is -2.12. The number of imidazole rings is 1. The molecular formula is C21H19N3O3. The van der Waals surface area contributed by atoms with Crippen LogP contribution in [-0.2, 0) is 0 Å². The minimum atomic E-state index is -0.401. The van der Waals surface area contributed by atoms with Gasteiger partial charge in [-0.1, -0.05) is 0 Å². The number of rotatable bonds is 3. The van der Waals surface area contributed by atoms with Crippen molar-refractivity contribution in [1.82, 2.24) is 14.7 Å². The number of nitrogens with zero attached hydrogens (tertiary/aromatic N) is 2. The van der Waals surface area contributed by atoms with E-state index in [1.165, 1.54) is 0 Å². The molecule has 1 fully saturated rings. The van der Waals surface area contributed by atoms with Crippen LogP contribution in [0.1, 0.15) is 12.0 Å². The highest BCUT2D eigenvalue weighted by Crippen LogP contribution is 2.25. The third kappa shape index (κ3) is 2.98. The Labute approximate surface area is 155 Å². The second kappa shape index (κ2) is 6.25. The maximum absolute atomic E-state index is 12.6. The van der Waals surface area contributed by atoms with Crippen molar-refractivity contribution in [3.8, 4) is 17.0 Å². The molecule has 4 aromatic rings. The van der Waals surface area contributed by atoms with Crippen LogP contribution in [0.2, 0.25) is 0 Å². The average molecular weight is 361 g/mol. The minimum Gasteiger partial charge on any atom is -0.489 e. The number of hydrogen-bond donors (Lipinski definition) is 1. The Balaban J connectivity index is 1.54. The highest BCUT2D eigenvalue weighted by atomic mass is 16.5. The fraction of sp³-hybridized carbons (Fsp3) is 0.238. The van der Waals surface area contributed by atoms with E-state index in [0.717, 1.165) is 41.9 Å². The molecule has 0 saturated carbocycles. The summed E-state index contributed by atoms with van der Waals surface area (Å²) in [4.78, 5) is 17.1. The van der Waals surface area contributed by atoms with Gasteiger partial charge in [-0.3, -0.25) is 0 Å². The van der Waals surface area contributed by atoms with E-state index in [-0.39, 0.29) is 6.10 Å². The first-order valence-corrected chi connectivity index (χ1v) is 9.07. The molecule has 0 spiro atoms. The van der Waals surface area contributed by atoms with Gasteiger partial charge < -0.3 is 18.9 Å². The van der Waals surface area contributed by atoms with Crippen molar-refractivity contribution >= 4 is 16.6 Å². The van der Waals surface area contributed by atoms with E-state index in [4.69, 9.17) is 9.15 Å². The largest absolute Gasteiger partial charge is 0.489 e. The van der Waals surface area contributed by atoms with Gasteiger partial charge in [0.05, 0.1) is 11.3 Å². The van der Waals surface area contributed by atoms with Gasteiger partial charge in [0.1, 0.15) is 23.1 Å². The third-order valence-corrected chi connectivity index (χ3v) is 4.92. The monoisotopic (exact) mass is 361 g/mol. The van der Waals surface area contributed by atoms with Gasteiger partial charge in [-0.25, -0.2) is 9.78 Å². The van der Waals surface area contributed by atoms with Crippen LogP contribution >= 0.6 is 0 Å². The standard InChI is InChI=1S/C21H19N3O3/c1-13-5-7-24-12-18(23-20(24)8-13)17-9-14-2-3-15(10-19(14)27-21(17)25)26-16-4-6-22-11-16/h2-3,5,7-10,12,16,22H,4,6,11H2,1H3/t16-/m1/s1. The second-order valence-electron chi connectivity index (χ2n) is 6.98. The van der Waals surface area contributed by atoms with Crippen LogP contribution in [0.5, 0.6) is 5.75 Å². The van der Waals surface area contributed by atoms with Gasteiger partial charge in [-0.15, -0.1) is 0 Å². The van der Waals surface area contributed by atoms with Crippen LogP contribution in [0.3, 0.4) is 0 Å². The van der Waals surface area contributed by atoms with Crippen LogP contribution in [-0.4, -0.2) is 28.6 Å². The summed E-state index contributed by atoms with van der Waals surface area (Å²) in [7, 11) is 0. The van der Waals surface area contributed by atoms with E-state index in [1.807, 2.05) is 54.0 Å². The van der Waals surface area contributed by atoms with E-state index in [0.29, 0.717) is 16.8 Å². The molecule has 136 valence electrons. The lowest BCUT2D eigenvalue weighted by molar-refractivity contribution is 0.223. The summed E-state index contributed by atoms with van der Waals surface area (Å²) < 4.78 is 13.4. The molecule has 6 nitrogen and oxygen atoms in total. The van der Waals surface area contributed by atoms with Crippen LogP contribution in [0.15, 0.2) is 58.0 Å². The minimum absolute atomic E-state index is 0.162. The zero-order chi connectivity index (χ0) is 18.4. The smallest absolute Gasteiger partial charge is 0.345 e. The second-order valence-corrected chi connectivity index (χ2v) is 6.98. The maximum Gasteiger partial charge on any atom is 0.345 e. The molecule has 3 aromatic heterocycles. The number of nitrogens with one attached hydrogen (secondary N) is 1. The molecule has 1 atom stereocenters. The fourth-order valence-electron chi connectivity index (χ4n) is 3.48. The summed E-state index contributed by atoms with van der Waals surface area (Å²) >= 11 is 0. The van der Waals surface area contributed by atoms with E-state index in [9.17, 15) is 4.79 Å². The van der Waals surface area contributed by atoms with Crippen molar-refractivity contribution in [2.75, 3.05) is 13.1 Å². The van der Waals surface area contributed by atoms with Crippen LogP contribution in [0.4, 0.5) is 0 Å². The molecule has 0 radical (unpaired) electrons. The van der Waals surface area contributed by atoms with E-state index in [1.54, 1.807) is 6.07 Å². The molecule has 0 unspecified atom stereocenters. The first-order chi connectivity index (χ1) is 13.2. The number of fused-ring (bicyclic) bond motifs is 2. The molecule has 1 N–H and O–H groups in total. The van der Waals surface area contributed by atoms with Crippen LogP contribution in [0, 0.1) is 6.92 Å². The van der Waals surface area contributed by atoms with Crippen molar-refractivity contribution in [2.45, 2.75) is 19.4 Å². The number of aryl methyl sites for hydroxylation is 1. The van der Waals surface area contributed by atoms with Gasteiger partial charge in [0.25, 0.3) is 0 Å². The molecule has 1 aromatic carbocycles. The molecule has 4 heterocycles. The highest BCUT2D eigenvalue weighted by Gasteiger charge is 2.17. The summed E-state index contributed by atoms with van der Waals surface area (Å²) in [5.74, 6) is 0.718. The zero-order valence-corrected chi connectivity index (χ0v) is 14.9. The lowest BCUT2D eigenvalue weighted by Crippen LogP contribution is -2.19. The fourth-order valence-corrected chi connectivity index (χ4v) is 3.48. The molecule has 0 bridgehead atoms. The molecule has 0 aliphatic carbocycles. The van der Waals surface area contributed by atoms with Gasteiger partial charge in [-0.05, 0) is 55.8 Å². The Morgan fingerprint density at radius 2 is 2.19 bits per heavy atom. The van der Waals surface area contributed by atoms with Crippen molar-refractivity contribution in [1.29, 1.82) is 0 Å². The number of hydrogen-bond acceptors (Lipinski definition) is 5. The molecular weight excluding hydrogens is 342 g/mol. The third-order valence-electron chi connectivity index (χ3n) is 4.92. The predicted molar refractivity (Wildman–Crippen MR) is 103 cm³/mol. The van der Waals surface area contributed by atoms with E-state index < -0.39 is 5.63 Å². The summed E-state index contributed by atoms with van der Waals surface area (Å²) in [6.45, 7) is 3.82. The highest BCUT2D eigenvalue weighted by molar-refractivity contribution is 5.82. The van der Waals surface area contributed by atoms with Crippen molar-refractivity contribution < 1.29 is 9.15 Å². The van der Waals surface area contributed by atoms with Crippen molar-refractivity contribution in [3.63, 3.8) is 0 Å². The first-order valence-electron chi connectivity index (χ1n) is 9.07. The summed E-state index contributed by atoms with van der Waals surface area (Å²) in [6, 6.07) is 11.4. The molecule has 1 aliphatic rings. The number of pyridine rings is 1. The molecule has 1 saturated heterocycles. The summed E-state index contributed by atoms with van der Waals surface area (Å²) in [5.41, 5.74) is 3.11. The van der Waals surface area contributed by atoms with Gasteiger partial charge in [-0.2, -0.15) is 0 Å². The molecule has 5 rings (SSSR count). The van der Waals surface area contributed by atoms with Crippen molar-refractivity contribution in [3.05, 3.63) is 64.8 Å². The Kier molecular flexibility index (Phi) is 3.72. The average Bonchev–Trinajstić information content (AvgIpc) is 3.30. The van der Waals surface area contributed by atoms with Gasteiger partial charge >= 0.3 is 5.63 Å². The van der Waals surface area contributed by atoms with E-state index in [2.05, 4.69) is 10.3 Å². The van der Waals surface area contributed by atoms with Gasteiger partial charge in [0.15, 0.2) is 0 Å². The number of aromatic nitrogens is 2. The summed E-state index contributed by atoms with van der Waals surface area (Å²) in [6.07, 6.45) is 4.92. The van der Waals surface area contributed by atoms with Gasteiger partial charge in [0.2, 0.25) is 0 Å². The molecule has 27 heavy (non-hydrogen) atoms. The molecule has 1 aliphatic heterocycles. The number of ether oxygens (including phenoxy) is 1. The maximum atomic E-state index is 12.6. The normalized spacial score (nSPS) is 17.0. The summed E-state index contributed by atoms with van der Waals surface area (Å²) in [5, 5.41) is 4.11. The first kappa shape index (κ1) is 16.1. The number of benzene rings is 1. The van der Waals surface area contributed by atoms with E-state index >= 15 is 0 Å². The SMILES string of the molecule is Cc1ccn2cc(-c3cc4ccc(O[C@@H]5CCNC5)cc4oc3=O)nc2c1. The zero-order valence-electron chi connectivity index (χ0n) is 14.9. The topological polar surface area (TPSA) is 68.8 Å². The quantitative estimate of drug-likeness (QED) is 0.568. The molecule has 0 amide bonds. The molecule has 6 heteroatoms. The Bertz CT molecular complexity index is 1200. The predicted octanol–water partition coefficient (Wildman–Crippen LogP) is 3.16.